The minimum absolute atomic E-state index is 0.0513. The molecule has 1 heterocycles. The summed E-state index contributed by atoms with van der Waals surface area (Å²) in [6.07, 6.45) is 0. The van der Waals surface area contributed by atoms with Crippen LogP contribution in [0.25, 0.3) is 22.1 Å². The molecule has 0 bridgehead atoms. The van der Waals surface area contributed by atoms with Gasteiger partial charge in [0.05, 0.1) is 12.7 Å². The molecule has 0 atom stereocenters. The summed E-state index contributed by atoms with van der Waals surface area (Å²) in [5.41, 5.74) is 2.87. The lowest BCUT2D eigenvalue weighted by Crippen LogP contribution is -2.32. The molecule has 0 unspecified atom stereocenters. The number of anilines is 1. The number of carbonyl (C=O) groups excluding carboxylic acids is 1. The molecule has 5 nitrogen and oxygen atoms in total. The summed E-state index contributed by atoms with van der Waals surface area (Å²) in [5.74, 6) is 0.916. The van der Waals surface area contributed by atoms with Crippen LogP contribution in [0, 0.1) is 0 Å². The Morgan fingerprint density at radius 2 is 1.59 bits per heavy atom. The molecule has 0 aliphatic rings. The van der Waals surface area contributed by atoms with Crippen LogP contribution >= 0.6 is 0 Å². The number of fused-ring (bicyclic) bond motifs is 1. The van der Waals surface area contributed by atoms with Gasteiger partial charge in [-0.05, 0) is 24.3 Å². The molecular weight excluding hydrogens is 366 g/mol. The normalized spacial score (nSPS) is 10.8. The summed E-state index contributed by atoms with van der Waals surface area (Å²) >= 11 is 0. The first kappa shape index (κ1) is 18.8. The molecule has 0 saturated heterocycles. The van der Waals surface area contributed by atoms with E-state index in [4.69, 9.17) is 13.9 Å². The molecule has 146 valence electrons. The number of amides is 1. The molecule has 0 saturated carbocycles. The van der Waals surface area contributed by atoms with Crippen LogP contribution in [0.4, 0.5) is 5.88 Å². The lowest BCUT2D eigenvalue weighted by Gasteiger charge is -2.21. The van der Waals surface area contributed by atoms with Crippen molar-refractivity contribution in [2.24, 2.45) is 0 Å². The van der Waals surface area contributed by atoms with Gasteiger partial charge in [0, 0.05) is 23.6 Å². The van der Waals surface area contributed by atoms with Gasteiger partial charge in [-0.2, -0.15) is 0 Å². The number of carbonyl (C=O) groups is 1. The van der Waals surface area contributed by atoms with Crippen LogP contribution < -0.4 is 9.64 Å². The fourth-order valence-corrected chi connectivity index (χ4v) is 3.41. The van der Waals surface area contributed by atoms with E-state index in [2.05, 4.69) is 0 Å². The number of methoxy groups -OCH3 is 2. The fraction of sp³-hybridized carbons (Fsp3) is 0.125. The number of benzene rings is 3. The highest BCUT2D eigenvalue weighted by molar-refractivity contribution is 6.11. The van der Waals surface area contributed by atoms with Gasteiger partial charge in [0.15, 0.2) is 0 Å². The van der Waals surface area contributed by atoms with Gasteiger partial charge in [-0.15, -0.1) is 0 Å². The standard InChI is InChI=1S/C24H21NO4/c1-27-16-25(23(26)17-10-4-3-5-11-17)24-22(18-12-6-8-14-20(18)28-2)19-13-7-9-15-21(19)29-24/h3-15H,16H2,1-2H3. The van der Waals surface area contributed by atoms with Gasteiger partial charge >= 0.3 is 0 Å². The first-order valence-corrected chi connectivity index (χ1v) is 9.25. The van der Waals surface area contributed by atoms with Crippen LogP contribution in [0.3, 0.4) is 0 Å². The third-order valence-electron chi connectivity index (χ3n) is 4.72. The predicted octanol–water partition coefficient (Wildman–Crippen LogP) is 5.36. The molecule has 0 radical (unpaired) electrons. The topological polar surface area (TPSA) is 51.9 Å². The summed E-state index contributed by atoms with van der Waals surface area (Å²) in [6, 6.07) is 24.5. The van der Waals surface area contributed by atoms with Crippen LogP contribution in [-0.4, -0.2) is 26.9 Å². The highest BCUT2D eigenvalue weighted by atomic mass is 16.5. The number of ether oxygens (including phenoxy) is 2. The van der Waals surface area contributed by atoms with E-state index in [9.17, 15) is 4.79 Å². The number of nitrogens with zero attached hydrogens (tertiary/aromatic N) is 1. The van der Waals surface area contributed by atoms with Crippen molar-refractivity contribution in [3.05, 3.63) is 84.4 Å². The van der Waals surface area contributed by atoms with Crippen molar-refractivity contribution in [1.82, 2.24) is 0 Å². The third-order valence-corrected chi connectivity index (χ3v) is 4.72. The van der Waals surface area contributed by atoms with Crippen molar-refractivity contribution < 1.29 is 18.7 Å². The second-order valence-electron chi connectivity index (χ2n) is 6.50. The minimum Gasteiger partial charge on any atom is -0.496 e. The first-order chi connectivity index (χ1) is 14.2. The SMILES string of the molecule is COCN(C(=O)c1ccccc1)c1oc2ccccc2c1-c1ccccc1OC. The van der Waals surface area contributed by atoms with E-state index in [-0.39, 0.29) is 12.6 Å². The van der Waals surface area contributed by atoms with E-state index in [1.54, 1.807) is 26.4 Å². The van der Waals surface area contributed by atoms with Crippen molar-refractivity contribution in [3.8, 4) is 16.9 Å². The zero-order valence-corrected chi connectivity index (χ0v) is 16.3. The minimum atomic E-state index is -0.206. The van der Waals surface area contributed by atoms with Crippen LogP contribution in [0.15, 0.2) is 83.3 Å². The molecule has 0 aliphatic carbocycles. The predicted molar refractivity (Wildman–Crippen MR) is 113 cm³/mol. The molecule has 3 aromatic carbocycles. The van der Waals surface area contributed by atoms with Gasteiger partial charge in [0.2, 0.25) is 5.88 Å². The van der Waals surface area contributed by atoms with Gasteiger partial charge in [-0.25, -0.2) is 0 Å². The summed E-state index contributed by atoms with van der Waals surface area (Å²) in [4.78, 5) is 14.8. The van der Waals surface area contributed by atoms with Crippen LogP contribution in [0.1, 0.15) is 10.4 Å². The number of para-hydroxylation sites is 2. The van der Waals surface area contributed by atoms with Crippen molar-refractivity contribution in [1.29, 1.82) is 0 Å². The second kappa shape index (κ2) is 8.20. The maximum atomic E-state index is 13.3. The lowest BCUT2D eigenvalue weighted by molar-refractivity contribution is 0.0929. The maximum absolute atomic E-state index is 13.3. The Morgan fingerprint density at radius 1 is 0.897 bits per heavy atom. The van der Waals surface area contributed by atoms with E-state index >= 15 is 0 Å². The molecule has 5 heteroatoms. The quantitative estimate of drug-likeness (QED) is 0.418. The number of rotatable bonds is 6. The van der Waals surface area contributed by atoms with Crippen molar-refractivity contribution in [2.75, 3.05) is 25.9 Å². The Balaban J connectivity index is 1.95. The first-order valence-electron chi connectivity index (χ1n) is 9.25. The molecule has 4 aromatic rings. The molecule has 4 rings (SSSR count). The van der Waals surface area contributed by atoms with E-state index in [1.165, 1.54) is 4.90 Å². The zero-order valence-electron chi connectivity index (χ0n) is 16.3. The van der Waals surface area contributed by atoms with E-state index in [1.807, 2.05) is 66.7 Å². The van der Waals surface area contributed by atoms with Gasteiger partial charge in [0.1, 0.15) is 18.1 Å². The van der Waals surface area contributed by atoms with E-state index < -0.39 is 0 Å². The average Bonchev–Trinajstić information content (AvgIpc) is 3.16. The van der Waals surface area contributed by atoms with Crippen molar-refractivity contribution >= 4 is 22.8 Å². The van der Waals surface area contributed by atoms with Gasteiger partial charge < -0.3 is 13.9 Å². The Bertz CT molecular complexity index is 1130. The van der Waals surface area contributed by atoms with Crippen LogP contribution in [-0.2, 0) is 4.74 Å². The van der Waals surface area contributed by atoms with Crippen molar-refractivity contribution in [3.63, 3.8) is 0 Å². The van der Waals surface area contributed by atoms with Crippen LogP contribution in [0.5, 0.6) is 5.75 Å². The maximum Gasteiger partial charge on any atom is 0.262 e. The summed E-state index contributed by atoms with van der Waals surface area (Å²) in [7, 11) is 3.18. The molecular formula is C24H21NO4. The molecule has 29 heavy (non-hydrogen) atoms. The third kappa shape index (κ3) is 3.48. The monoisotopic (exact) mass is 387 g/mol. The molecule has 1 aromatic heterocycles. The highest BCUT2D eigenvalue weighted by Gasteiger charge is 2.27. The van der Waals surface area contributed by atoms with E-state index in [0.29, 0.717) is 22.8 Å². The molecule has 1 amide bonds. The Hall–Kier alpha value is -3.57. The highest BCUT2D eigenvalue weighted by Crippen LogP contribution is 2.44. The molecule has 0 spiro atoms. The zero-order chi connectivity index (χ0) is 20.2. The Labute approximate surface area is 169 Å². The van der Waals surface area contributed by atoms with Crippen molar-refractivity contribution in [2.45, 2.75) is 0 Å². The number of hydrogen-bond acceptors (Lipinski definition) is 4. The largest absolute Gasteiger partial charge is 0.496 e. The summed E-state index contributed by atoms with van der Waals surface area (Å²) in [5, 5.41) is 0.897. The number of hydrogen-bond donors (Lipinski definition) is 0. The van der Waals surface area contributed by atoms with Gasteiger partial charge in [0.25, 0.3) is 5.91 Å². The smallest absolute Gasteiger partial charge is 0.262 e. The second-order valence-corrected chi connectivity index (χ2v) is 6.50. The summed E-state index contributed by atoms with van der Waals surface area (Å²) in [6.45, 7) is 0.0513. The Kier molecular flexibility index (Phi) is 5.31. The van der Waals surface area contributed by atoms with Crippen LogP contribution in [0.2, 0.25) is 0 Å². The lowest BCUT2D eigenvalue weighted by atomic mass is 10.0. The van der Waals surface area contributed by atoms with Gasteiger partial charge in [-0.1, -0.05) is 54.6 Å². The van der Waals surface area contributed by atoms with Gasteiger partial charge in [-0.3, -0.25) is 9.69 Å². The molecule has 0 aliphatic heterocycles. The number of furan rings is 1. The average molecular weight is 387 g/mol. The molecule has 0 N–H and O–H groups in total. The molecule has 0 fully saturated rings. The van der Waals surface area contributed by atoms with E-state index in [0.717, 1.165) is 16.5 Å². The summed E-state index contributed by atoms with van der Waals surface area (Å²) < 4.78 is 17.1. The Morgan fingerprint density at radius 3 is 2.34 bits per heavy atom. The fourth-order valence-electron chi connectivity index (χ4n) is 3.41.